The zero-order valence-corrected chi connectivity index (χ0v) is 11.9. The number of aryl methyl sites for hydroxylation is 1. The zero-order chi connectivity index (χ0) is 14.7. The summed E-state index contributed by atoms with van der Waals surface area (Å²) in [5.74, 6) is 0.846. The molecule has 108 valence electrons. The summed E-state index contributed by atoms with van der Waals surface area (Å²) in [6.07, 6.45) is 0. The first-order chi connectivity index (χ1) is 10.2. The number of fused-ring (bicyclic) bond motifs is 1. The molecule has 1 heterocycles. The van der Waals surface area contributed by atoms with Crippen molar-refractivity contribution in [3.8, 4) is 5.75 Å². The molecule has 4 nitrogen and oxygen atoms in total. The van der Waals surface area contributed by atoms with Gasteiger partial charge in [-0.1, -0.05) is 30.3 Å². The molecule has 0 aliphatic carbocycles. The maximum atomic E-state index is 12.0. The quantitative estimate of drug-likeness (QED) is 0.906. The molecular weight excluding hydrogens is 264 g/mol. The van der Waals surface area contributed by atoms with Gasteiger partial charge in [0.1, 0.15) is 12.4 Å². The lowest BCUT2D eigenvalue weighted by molar-refractivity contribution is -0.115. The largest absolute Gasteiger partial charge is 0.491 e. The molecule has 1 aliphatic heterocycles. The maximum Gasteiger partial charge on any atom is 0.238 e. The number of para-hydroxylation sites is 1. The smallest absolute Gasteiger partial charge is 0.238 e. The van der Waals surface area contributed by atoms with Gasteiger partial charge < -0.3 is 10.1 Å². The van der Waals surface area contributed by atoms with E-state index in [4.69, 9.17) is 4.74 Å². The van der Waals surface area contributed by atoms with Crippen LogP contribution in [0.3, 0.4) is 0 Å². The minimum atomic E-state index is -0.0509. The number of nitrogens with one attached hydrogen (secondary N) is 2. The molecule has 1 aliphatic rings. The minimum Gasteiger partial charge on any atom is -0.491 e. The van der Waals surface area contributed by atoms with Crippen LogP contribution in [-0.2, 0) is 4.79 Å². The SMILES string of the molecule is Cc1cccc(NC(=O)CNC2COc3ccccc32)c1. The van der Waals surface area contributed by atoms with Crippen LogP contribution >= 0.6 is 0 Å². The second-order valence-corrected chi connectivity index (χ2v) is 5.20. The van der Waals surface area contributed by atoms with Gasteiger partial charge in [0.25, 0.3) is 0 Å². The maximum absolute atomic E-state index is 12.0. The van der Waals surface area contributed by atoms with Gasteiger partial charge in [0.2, 0.25) is 5.91 Å². The van der Waals surface area contributed by atoms with E-state index in [1.807, 2.05) is 55.5 Å². The molecule has 2 N–H and O–H groups in total. The van der Waals surface area contributed by atoms with Crippen LogP contribution in [0, 0.1) is 6.92 Å². The normalized spacial score (nSPS) is 16.1. The molecule has 1 atom stereocenters. The second kappa shape index (κ2) is 5.97. The van der Waals surface area contributed by atoms with Crippen molar-refractivity contribution in [2.24, 2.45) is 0 Å². The van der Waals surface area contributed by atoms with Gasteiger partial charge in [-0.05, 0) is 30.7 Å². The lowest BCUT2D eigenvalue weighted by atomic mass is 10.1. The van der Waals surface area contributed by atoms with Crippen LogP contribution < -0.4 is 15.4 Å². The lowest BCUT2D eigenvalue weighted by Gasteiger charge is -2.12. The van der Waals surface area contributed by atoms with Crippen molar-refractivity contribution >= 4 is 11.6 Å². The summed E-state index contributed by atoms with van der Waals surface area (Å²) in [4.78, 5) is 12.0. The Morgan fingerprint density at radius 3 is 2.95 bits per heavy atom. The Balaban J connectivity index is 1.55. The molecule has 21 heavy (non-hydrogen) atoms. The number of rotatable bonds is 4. The molecular formula is C17H18N2O2. The molecule has 2 aromatic rings. The van der Waals surface area contributed by atoms with Crippen molar-refractivity contribution in [2.75, 3.05) is 18.5 Å². The summed E-state index contributed by atoms with van der Waals surface area (Å²) < 4.78 is 5.58. The Bertz CT molecular complexity index is 655. The molecule has 1 amide bonds. The fourth-order valence-corrected chi connectivity index (χ4v) is 2.48. The van der Waals surface area contributed by atoms with Gasteiger partial charge in [-0.3, -0.25) is 10.1 Å². The number of carbonyl (C=O) groups is 1. The number of hydrogen-bond acceptors (Lipinski definition) is 3. The van der Waals surface area contributed by atoms with Crippen molar-refractivity contribution in [1.29, 1.82) is 0 Å². The second-order valence-electron chi connectivity index (χ2n) is 5.20. The Labute approximate surface area is 124 Å². The van der Waals surface area contributed by atoms with Gasteiger partial charge >= 0.3 is 0 Å². The number of hydrogen-bond donors (Lipinski definition) is 2. The summed E-state index contributed by atoms with van der Waals surface area (Å²) in [6.45, 7) is 2.83. The Morgan fingerprint density at radius 1 is 1.24 bits per heavy atom. The Morgan fingerprint density at radius 2 is 2.10 bits per heavy atom. The number of amides is 1. The predicted octanol–water partition coefficient (Wildman–Crippen LogP) is 2.66. The first kappa shape index (κ1) is 13.6. The Kier molecular flexibility index (Phi) is 3.88. The summed E-state index contributed by atoms with van der Waals surface area (Å²) in [7, 11) is 0. The fraction of sp³-hybridized carbons (Fsp3) is 0.235. The molecule has 0 aromatic heterocycles. The third-order valence-electron chi connectivity index (χ3n) is 3.51. The van der Waals surface area contributed by atoms with Crippen LogP contribution in [0.5, 0.6) is 5.75 Å². The van der Waals surface area contributed by atoms with Gasteiger partial charge in [-0.2, -0.15) is 0 Å². The van der Waals surface area contributed by atoms with Crippen molar-refractivity contribution in [3.63, 3.8) is 0 Å². The van der Waals surface area contributed by atoms with E-state index in [2.05, 4.69) is 10.6 Å². The van der Waals surface area contributed by atoms with Gasteiger partial charge in [0, 0.05) is 11.3 Å². The van der Waals surface area contributed by atoms with Crippen LogP contribution in [0.4, 0.5) is 5.69 Å². The van der Waals surface area contributed by atoms with Crippen molar-refractivity contribution < 1.29 is 9.53 Å². The van der Waals surface area contributed by atoms with Gasteiger partial charge in [-0.15, -0.1) is 0 Å². The van der Waals surface area contributed by atoms with E-state index < -0.39 is 0 Å². The summed E-state index contributed by atoms with van der Waals surface area (Å²) in [5, 5.41) is 6.12. The third-order valence-corrected chi connectivity index (χ3v) is 3.51. The molecule has 0 saturated carbocycles. The number of benzene rings is 2. The predicted molar refractivity (Wildman–Crippen MR) is 82.5 cm³/mol. The number of ether oxygens (including phenoxy) is 1. The Hall–Kier alpha value is -2.33. The summed E-state index contributed by atoms with van der Waals surface area (Å²) in [6, 6.07) is 15.7. The highest BCUT2D eigenvalue weighted by Crippen LogP contribution is 2.31. The van der Waals surface area contributed by atoms with E-state index in [9.17, 15) is 4.79 Å². The molecule has 0 fully saturated rings. The van der Waals surface area contributed by atoms with E-state index in [0.717, 1.165) is 22.6 Å². The van der Waals surface area contributed by atoms with Gasteiger partial charge in [0.05, 0.1) is 12.6 Å². The highest BCUT2D eigenvalue weighted by Gasteiger charge is 2.23. The van der Waals surface area contributed by atoms with Crippen LogP contribution in [0.15, 0.2) is 48.5 Å². The summed E-state index contributed by atoms with van der Waals surface area (Å²) in [5.41, 5.74) is 3.06. The first-order valence-corrected chi connectivity index (χ1v) is 7.04. The molecule has 0 bridgehead atoms. The van der Waals surface area contributed by atoms with Crippen LogP contribution in [0.2, 0.25) is 0 Å². The molecule has 1 unspecified atom stereocenters. The molecule has 0 radical (unpaired) electrons. The van der Waals surface area contributed by atoms with Crippen LogP contribution in [0.25, 0.3) is 0 Å². The van der Waals surface area contributed by atoms with Crippen molar-refractivity contribution in [3.05, 3.63) is 59.7 Å². The minimum absolute atomic E-state index is 0.0509. The number of anilines is 1. The summed E-state index contributed by atoms with van der Waals surface area (Å²) >= 11 is 0. The average molecular weight is 282 g/mol. The van der Waals surface area contributed by atoms with Gasteiger partial charge in [-0.25, -0.2) is 0 Å². The van der Waals surface area contributed by atoms with E-state index in [0.29, 0.717) is 6.61 Å². The molecule has 0 saturated heterocycles. The monoisotopic (exact) mass is 282 g/mol. The topological polar surface area (TPSA) is 50.4 Å². The van der Waals surface area contributed by atoms with E-state index in [-0.39, 0.29) is 18.5 Å². The highest BCUT2D eigenvalue weighted by atomic mass is 16.5. The fourth-order valence-electron chi connectivity index (χ4n) is 2.48. The van der Waals surface area contributed by atoms with E-state index in [1.54, 1.807) is 0 Å². The number of carbonyl (C=O) groups excluding carboxylic acids is 1. The van der Waals surface area contributed by atoms with E-state index in [1.165, 1.54) is 0 Å². The standard InChI is InChI=1S/C17H18N2O2/c1-12-5-4-6-13(9-12)19-17(20)10-18-15-11-21-16-8-3-2-7-14(15)16/h2-9,15,18H,10-11H2,1H3,(H,19,20). The van der Waals surface area contributed by atoms with E-state index >= 15 is 0 Å². The zero-order valence-electron chi connectivity index (χ0n) is 11.9. The third kappa shape index (κ3) is 3.23. The lowest BCUT2D eigenvalue weighted by Crippen LogP contribution is -2.32. The highest BCUT2D eigenvalue weighted by molar-refractivity contribution is 5.92. The molecule has 2 aromatic carbocycles. The molecule has 4 heteroatoms. The van der Waals surface area contributed by atoms with Crippen molar-refractivity contribution in [2.45, 2.75) is 13.0 Å². The van der Waals surface area contributed by atoms with Gasteiger partial charge in [0.15, 0.2) is 0 Å². The van der Waals surface area contributed by atoms with Crippen molar-refractivity contribution in [1.82, 2.24) is 5.32 Å². The molecule has 0 spiro atoms. The average Bonchev–Trinajstić information content (AvgIpc) is 2.88. The van der Waals surface area contributed by atoms with Crippen LogP contribution in [-0.4, -0.2) is 19.1 Å². The van der Waals surface area contributed by atoms with Crippen LogP contribution in [0.1, 0.15) is 17.2 Å². The molecule has 3 rings (SSSR count). The first-order valence-electron chi connectivity index (χ1n) is 7.04.